The molecule has 1 aromatic carbocycles. The molecule has 6 nitrogen and oxygen atoms in total. The lowest BCUT2D eigenvalue weighted by atomic mass is 10.1. The topological polar surface area (TPSA) is 78.4 Å². The van der Waals surface area contributed by atoms with Gasteiger partial charge in [0.15, 0.2) is 0 Å². The summed E-state index contributed by atoms with van der Waals surface area (Å²) >= 11 is 0. The Labute approximate surface area is 141 Å². The van der Waals surface area contributed by atoms with Crippen LogP contribution in [0, 0.1) is 0 Å². The van der Waals surface area contributed by atoms with Crippen molar-refractivity contribution in [2.75, 3.05) is 32.1 Å². The molecule has 0 radical (unpaired) electrons. The Morgan fingerprint density at radius 3 is 2.96 bits per heavy atom. The fraction of sp³-hybridized carbons (Fsp3) is 0.278. The summed E-state index contributed by atoms with van der Waals surface area (Å²) in [4.78, 5) is 21.7. The number of benzene rings is 1. The predicted octanol–water partition coefficient (Wildman–Crippen LogP) is 2.29. The van der Waals surface area contributed by atoms with Crippen molar-refractivity contribution in [3.63, 3.8) is 0 Å². The van der Waals surface area contributed by atoms with Gasteiger partial charge in [-0.15, -0.1) is 0 Å². The molecule has 24 heavy (non-hydrogen) atoms. The van der Waals surface area contributed by atoms with Crippen LogP contribution in [0.3, 0.4) is 0 Å². The zero-order chi connectivity index (χ0) is 17.4. The fourth-order valence-corrected chi connectivity index (χ4v) is 2.26. The Morgan fingerprint density at radius 1 is 1.38 bits per heavy atom. The minimum atomic E-state index is -0.967. The molecule has 0 saturated heterocycles. The maximum absolute atomic E-state index is 10.6. The summed E-state index contributed by atoms with van der Waals surface area (Å²) in [7, 11) is 3.93. The zero-order valence-electron chi connectivity index (χ0n) is 13.9. The standard InChI is InChI=1S/C18H22N4O2/c1-19-9-4-10-22(2)17-13-20-12-16(21-17)15-6-3-5-14(11-15)7-8-18(23)24/h3,5-8,11-13,19H,4,9-10H2,1-2H3,(H,23,24)/b8-7+. The SMILES string of the molecule is CNCCCN(C)c1cncc(-c2cccc(/C=C/C(=O)O)c2)n1. The van der Waals surface area contributed by atoms with E-state index < -0.39 is 5.97 Å². The Balaban J connectivity index is 2.19. The molecule has 0 bridgehead atoms. The Bertz CT molecular complexity index is 716. The molecule has 0 aliphatic heterocycles. The average Bonchev–Trinajstić information content (AvgIpc) is 2.60. The van der Waals surface area contributed by atoms with E-state index in [1.807, 2.05) is 38.4 Å². The molecule has 0 fully saturated rings. The monoisotopic (exact) mass is 326 g/mol. The summed E-state index contributed by atoms with van der Waals surface area (Å²) in [5.41, 5.74) is 2.48. The molecule has 1 aromatic heterocycles. The summed E-state index contributed by atoms with van der Waals surface area (Å²) in [5, 5.41) is 11.9. The van der Waals surface area contributed by atoms with Gasteiger partial charge in [0, 0.05) is 25.2 Å². The molecular formula is C18H22N4O2. The van der Waals surface area contributed by atoms with Gasteiger partial charge in [0.2, 0.25) is 0 Å². The third kappa shape index (κ3) is 5.17. The average molecular weight is 326 g/mol. The number of rotatable bonds is 8. The molecule has 0 atom stereocenters. The first kappa shape index (κ1) is 17.6. The largest absolute Gasteiger partial charge is 0.478 e. The quantitative estimate of drug-likeness (QED) is 0.572. The second-order valence-corrected chi connectivity index (χ2v) is 5.44. The first-order valence-corrected chi connectivity index (χ1v) is 7.79. The second-order valence-electron chi connectivity index (χ2n) is 5.44. The first-order chi connectivity index (χ1) is 11.6. The number of hydrogen-bond acceptors (Lipinski definition) is 5. The fourth-order valence-electron chi connectivity index (χ4n) is 2.26. The second kappa shape index (κ2) is 8.79. The summed E-state index contributed by atoms with van der Waals surface area (Å²) in [6.07, 6.45) is 7.17. The van der Waals surface area contributed by atoms with Gasteiger partial charge in [0.25, 0.3) is 0 Å². The van der Waals surface area contributed by atoms with Crippen LogP contribution in [-0.2, 0) is 4.79 Å². The molecule has 0 aliphatic rings. The van der Waals surface area contributed by atoms with Crippen molar-refractivity contribution in [1.82, 2.24) is 15.3 Å². The van der Waals surface area contributed by atoms with E-state index in [-0.39, 0.29) is 0 Å². The molecule has 0 saturated carbocycles. The highest BCUT2D eigenvalue weighted by atomic mass is 16.4. The molecular weight excluding hydrogens is 304 g/mol. The molecule has 0 amide bonds. The number of nitrogens with zero attached hydrogens (tertiary/aromatic N) is 3. The third-order valence-corrected chi connectivity index (χ3v) is 3.53. The maximum Gasteiger partial charge on any atom is 0.328 e. The van der Waals surface area contributed by atoms with Gasteiger partial charge in [-0.25, -0.2) is 9.78 Å². The van der Waals surface area contributed by atoms with E-state index in [1.54, 1.807) is 18.5 Å². The van der Waals surface area contributed by atoms with Crippen molar-refractivity contribution in [3.05, 3.63) is 48.3 Å². The van der Waals surface area contributed by atoms with E-state index in [0.29, 0.717) is 0 Å². The van der Waals surface area contributed by atoms with Crippen molar-refractivity contribution in [1.29, 1.82) is 0 Å². The number of nitrogens with one attached hydrogen (secondary N) is 1. The minimum Gasteiger partial charge on any atom is -0.478 e. The van der Waals surface area contributed by atoms with Gasteiger partial charge in [-0.3, -0.25) is 4.98 Å². The van der Waals surface area contributed by atoms with Gasteiger partial charge in [0.1, 0.15) is 5.82 Å². The highest BCUT2D eigenvalue weighted by Gasteiger charge is 2.06. The predicted molar refractivity (Wildman–Crippen MR) is 96.0 cm³/mol. The molecule has 126 valence electrons. The van der Waals surface area contributed by atoms with Crippen LogP contribution in [0.25, 0.3) is 17.3 Å². The van der Waals surface area contributed by atoms with E-state index in [0.717, 1.165) is 48.2 Å². The first-order valence-electron chi connectivity index (χ1n) is 7.79. The van der Waals surface area contributed by atoms with Crippen molar-refractivity contribution >= 4 is 17.9 Å². The van der Waals surface area contributed by atoms with Crippen molar-refractivity contribution in [3.8, 4) is 11.3 Å². The van der Waals surface area contributed by atoms with Crippen molar-refractivity contribution in [2.24, 2.45) is 0 Å². The number of carboxylic acid groups (broad SMARTS) is 1. The normalized spacial score (nSPS) is 10.9. The van der Waals surface area contributed by atoms with Crippen LogP contribution >= 0.6 is 0 Å². The van der Waals surface area contributed by atoms with E-state index >= 15 is 0 Å². The van der Waals surface area contributed by atoms with E-state index in [4.69, 9.17) is 5.11 Å². The van der Waals surface area contributed by atoms with E-state index in [2.05, 4.69) is 20.2 Å². The summed E-state index contributed by atoms with van der Waals surface area (Å²) in [6, 6.07) is 7.56. The van der Waals surface area contributed by atoms with Crippen molar-refractivity contribution < 1.29 is 9.90 Å². The summed E-state index contributed by atoms with van der Waals surface area (Å²) in [5.74, 6) is -0.152. The van der Waals surface area contributed by atoms with Crippen molar-refractivity contribution in [2.45, 2.75) is 6.42 Å². The van der Waals surface area contributed by atoms with E-state index in [9.17, 15) is 4.79 Å². The third-order valence-electron chi connectivity index (χ3n) is 3.53. The number of anilines is 1. The van der Waals surface area contributed by atoms with Gasteiger partial charge in [-0.2, -0.15) is 0 Å². The van der Waals surface area contributed by atoms with Crippen LogP contribution in [0.5, 0.6) is 0 Å². The van der Waals surface area contributed by atoms with Crippen LogP contribution in [-0.4, -0.2) is 48.2 Å². The molecule has 0 spiro atoms. The number of carbonyl (C=O) groups is 1. The van der Waals surface area contributed by atoms with Crippen LogP contribution in [0.2, 0.25) is 0 Å². The van der Waals surface area contributed by atoms with Gasteiger partial charge in [-0.1, -0.05) is 18.2 Å². The lowest BCUT2D eigenvalue weighted by Crippen LogP contribution is -2.23. The zero-order valence-corrected chi connectivity index (χ0v) is 13.9. The lowest BCUT2D eigenvalue weighted by molar-refractivity contribution is -0.131. The Hall–Kier alpha value is -2.73. The van der Waals surface area contributed by atoms with Gasteiger partial charge in [-0.05, 0) is 37.7 Å². The van der Waals surface area contributed by atoms with Gasteiger partial charge < -0.3 is 15.3 Å². The Morgan fingerprint density at radius 2 is 2.21 bits per heavy atom. The number of carboxylic acids is 1. The molecule has 2 N–H and O–H groups in total. The minimum absolute atomic E-state index is 0.763. The lowest BCUT2D eigenvalue weighted by Gasteiger charge is -2.18. The smallest absolute Gasteiger partial charge is 0.328 e. The highest BCUT2D eigenvalue weighted by molar-refractivity contribution is 5.85. The molecule has 0 unspecified atom stereocenters. The van der Waals surface area contributed by atoms with Crippen LogP contribution in [0.15, 0.2) is 42.7 Å². The van der Waals surface area contributed by atoms with Crippen LogP contribution in [0.1, 0.15) is 12.0 Å². The molecule has 2 aromatic rings. The van der Waals surface area contributed by atoms with Crippen LogP contribution < -0.4 is 10.2 Å². The van der Waals surface area contributed by atoms with E-state index in [1.165, 1.54) is 0 Å². The summed E-state index contributed by atoms with van der Waals surface area (Å²) in [6.45, 7) is 1.84. The molecule has 0 aliphatic carbocycles. The number of aliphatic carboxylic acids is 1. The maximum atomic E-state index is 10.6. The molecule has 1 heterocycles. The molecule has 6 heteroatoms. The summed E-state index contributed by atoms with van der Waals surface area (Å²) < 4.78 is 0. The van der Waals surface area contributed by atoms with Crippen LogP contribution in [0.4, 0.5) is 5.82 Å². The highest BCUT2D eigenvalue weighted by Crippen LogP contribution is 2.20. The number of hydrogen-bond donors (Lipinski definition) is 2. The van der Waals surface area contributed by atoms with Gasteiger partial charge >= 0.3 is 5.97 Å². The Kier molecular flexibility index (Phi) is 6.45. The number of aromatic nitrogens is 2. The van der Waals surface area contributed by atoms with Gasteiger partial charge in [0.05, 0.1) is 18.1 Å². The molecule has 2 rings (SSSR count).